The quantitative estimate of drug-likeness (QED) is 0.908. The SMILES string of the molecule is CC(=O)Nc1ccc(/C=C/c2onc(C)c2NC(C)=O)cc1. The first kappa shape index (κ1) is 15.5. The third-order valence-corrected chi connectivity index (χ3v) is 2.85. The maximum Gasteiger partial charge on any atom is 0.221 e. The maximum atomic E-state index is 11.2. The first-order valence-electron chi connectivity index (χ1n) is 6.75. The molecule has 0 saturated heterocycles. The van der Waals surface area contributed by atoms with Gasteiger partial charge in [-0.2, -0.15) is 0 Å². The summed E-state index contributed by atoms with van der Waals surface area (Å²) in [6.45, 7) is 4.65. The second-order valence-electron chi connectivity index (χ2n) is 4.82. The van der Waals surface area contributed by atoms with Crippen LogP contribution >= 0.6 is 0 Å². The van der Waals surface area contributed by atoms with E-state index < -0.39 is 0 Å². The van der Waals surface area contributed by atoms with E-state index in [1.165, 1.54) is 13.8 Å². The van der Waals surface area contributed by atoms with Crippen molar-refractivity contribution in [2.75, 3.05) is 10.6 Å². The highest BCUT2D eigenvalue weighted by Gasteiger charge is 2.11. The van der Waals surface area contributed by atoms with Crippen molar-refractivity contribution in [3.05, 3.63) is 41.3 Å². The molecule has 2 N–H and O–H groups in total. The Labute approximate surface area is 128 Å². The van der Waals surface area contributed by atoms with Crippen LogP contribution in [0.3, 0.4) is 0 Å². The Morgan fingerprint density at radius 3 is 2.27 bits per heavy atom. The second kappa shape index (κ2) is 6.71. The number of rotatable bonds is 4. The lowest BCUT2D eigenvalue weighted by atomic mass is 10.1. The molecular formula is C16H17N3O3. The monoisotopic (exact) mass is 299 g/mol. The van der Waals surface area contributed by atoms with Gasteiger partial charge in [0.25, 0.3) is 0 Å². The number of carbonyl (C=O) groups is 2. The van der Waals surface area contributed by atoms with E-state index in [0.29, 0.717) is 17.1 Å². The largest absolute Gasteiger partial charge is 0.354 e. The molecule has 0 bridgehead atoms. The van der Waals surface area contributed by atoms with Gasteiger partial charge < -0.3 is 15.2 Å². The Kier molecular flexibility index (Phi) is 4.73. The smallest absolute Gasteiger partial charge is 0.221 e. The van der Waals surface area contributed by atoms with Gasteiger partial charge in [0.2, 0.25) is 11.8 Å². The van der Waals surface area contributed by atoms with Crippen LogP contribution in [0.5, 0.6) is 0 Å². The fraction of sp³-hybridized carbons (Fsp3) is 0.188. The Balaban J connectivity index is 2.15. The summed E-state index contributed by atoms with van der Waals surface area (Å²) in [4.78, 5) is 22.1. The van der Waals surface area contributed by atoms with Crippen LogP contribution in [0, 0.1) is 6.92 Å². The van der Waals surface area contributed by atoms with E-state index in [2.05, 4.69) is 15.8 Å². The van der Waals surface area contributed by atoms with E-state index in [9.17, 15) is 9.59 Å². The highest BCUT2D eigenvalue weighted by molar-refractivity contribution is 5.92. The number of amides is 2. The molecule has 22 heavy (non-hydrogen) atoms. The summed E-state index contributed by atoms with van der Waals surface area (Å²) in [5.41, 5.74) is 2.85. The molecule has 0 radical (unpaired) electrons. The van der Waals surface area contributed by atoms with Crippen LogP contribution in [0.2, 0.25) is 0 Å². The van der Waals surface area contributed by atoms with E-state index in [-0.39, 0.29) is 11.8 Å². The van der Waals surface area contributed by atoms with Crippen LogP contribution in [0.1, 0.15) is 30.9 Å². The molecule has 0 fully saturated rings. The molecule has 0 aliphatic rings. The van der Waals surface area contributed by atoms with Crippen molar-refractivity contribution in [1.29, 1.82) is 0 Å². The number of benzene rings is 1. The molecule has 114 valence electrons. The predicted molar refractivity (Wildman–Crippen MR) is 85.2 cm³/mol. The Bertz CT molecular complexity index is 715. The van der Waals surface area contributed by atoms with Crippen LogP contribution in [-0.4, -0.2) is 17.0 Å². The standard InChI is InChI=1S/C16H17N3O3/c1-10-16(18-12(3)21)15(22-19-10)9-6-13-4-7-14(8-5-13)17-11(2)20/h4-9H,1-3H3,(H,17,20)(H,18,21)/b9-6+. The van der Waals surface area contributed by atoms with Gasteiger partial charge in [0.15, 0.2) is 5.76 Å². The molecular weight excluding hydrogens is 282 g/mol. The summed E-state index contributed by atoms with van der Waals surface area (Å²) in [7, 11) is 0. The van der Waals surface area contributed by atoms with Gasteiger partial charge in [-0.3, -0.25) is 9.59 Å². The molecule has 0 aliphatic carbocycles. The van der Waals surface area contributed by atoms with Gasteiger partial charge in [0.05, 0.1) is 0 Å². The average Bonchev–Trinajstić information content (AvgIpc) is 2.78. The van der Waals surface area contributed by atoms with Crippen LogP contribution < -0.4 is 10.6 Å². The van der Waals surface area contributed by atoms with Crippen molar-refractivity contribution in [1.82, 2.24) is 5.16 Å². The topological polar surface area (TPSA) is 84.2 Å². The molecule has 2 amide bonds. The van der Waals surface area contributed by atoms with Crippen molar-refractivity contribution < 1.29 is 14.1 Å². The lowest BCUT2D eigenvalue weighted by Crippen LogP contribution is -2.06. The highest BCUT2D eigenvalue weighted by atomic mass is 16.5. The molecule has 6 heteroatoms. The number of aromatic nitrogens is 1. The van der Waals surface area contributed by atoms with Gasteiger partial charge in [0, 0.05) is 19.5 Å². The van der Waals surface area contributed by atoms with Gasteiger partial charge in [-0.25, -0.2) is 0 Å². The number of hydrogen-bond donors (Lipinski definition) is 2. The Hall–Kier alpha value is -2.89. The summed E-state index contributed by atoms with van der Waals surface area (Å²) < 4.78 is 5.19. The number of nitrogens with zero attached hydrogens (tertiary/aromatic N) is 1. The Morgan fingerprint density at radius 2 is 1.68 bits per heavy atom. The normalized spacial score (nSPS) is 10.7. The molecule has 2 rings (SSSR count). The Morgan fingerprint density at radius 1 is 1.05 bits per heavy atom. The first-order chi connectivity index (χ1) is 10.5. The number of anilines is 2. The molecule has 1 aromatic carbocycles. The van der Waals surface area contributed by atoms with E-state index >= 15 is 0 Å². The molecule has 1 heterocycles. The molecule has 0 spiro atoms. The molecule has 6 nitrogen and oxygen atoms in total. The highest BCUT2D eigenvalue weighted by Crippen LogP contribution is 2.22. The van der Waals surface area contributed by atoms with E-state index in [1.54, 1.807) is 25.1 Å². The summed E-state index contributed by atoms with van der Waals surface area (Å²) in [5, 5.41) is 9.24. The van der Waals surface area contributed by atoms with Crippen LogP contribution in [0.25, 0.3) is 12.2 Å². The van der Waals surface area contributed by atoms with E-state index in [0.717, 1.165) is 11.3 Å². The minimum absolute atomic E-state index is 0.111. The first-order valence-corrected chi connectivity index (χ1v) is 6.75. The summed E-state index contributed by atoms with van der Waals surface area (Å²) in [5.74, 6) is 0.194. The van der Waals surface area contributed by atoms with Gasteiger partial charge in [0.1, 0.15) is 11.4 Å². The lowest BCUT2D eigenvalue weighted by Gasteiger charge is -2.02. The zero-order valence-electron chi connectivity index (χ0n) is 12.6. The molecule has 2 aromatic rings. The summed E-state index contributed by atoms with van der Waals surface area (Å²) in [6, 6.07) is 7.34. The van der Waals surface area contributed by atoms with Gasteiger partial charge >= 0.3 is 0 Å². The van der Waals surface area contributed by atoms with Gasteiger partial charge in [-0.05, 0) is 30.7 Å². The minimum atomic E-state index is -0.180. The number of hydrogen-bond acceptors (Lipinski definition) is 4. The molecule has 0 saturated carbocycles. The van der Waals surface area contributed by atoms with Crippen molar-refractivity contribution in [3.8, 4) is 0 Å². The van der Waals surface area contributed by atoms with Crippen LogP contribution in [0.15, 0.2) is 28.8 Å². The number of nitrogens with one attached hydrogen (secondary N) is 2. The van der Waals surface area contributed by atoms with Crippen LogP contribution in [0.4, 0.5) is 11.4 Å². The lowest BCUT2D eigenvalue weighted by molar-refractivity contribution is -0.115. The molecule has 1 aromatic heterocycles. The van der Waals surface area contributed by atoms with Crippen LogP contribution in [-0.2, 0) is 9.59 Å². The molecule has 0 atom stereocenters. The van der Waals surface area contributed by atoms with Crippen molar-refractivity contribution >= 4 is 35.3 Å². The van der Waals surface area contributed by atoms with E-state index in [4.69, 9.17) is 4.52 Å². The zero-order chi connectivity index (χ0) is 16.1. The van der Waals surface area contributed by atoms with Crippen molar-refractivity contribution in [3.63, 3.8) is 0 Å². The second-order valence-corrected chi connectivity index (χ2v) is 4.82. The fourth-order valence-corrected chi connectivity index (χ4v) is 1.88. The summed E-state index contributed by atoms with van der Waals surface area (Å²) >= 11 is 0. The molecule has 0 unspecified atom stereocenters. The third kappa shape index (κ3) is 4.05. The third-order valence-electron chi connectivity index (χ3n) is 2.85. The van der Waals surface area contributed by atoms with Gasteiger partial charge in [-0.1, -0.05) is 23.4 Å². The number of aryl methyl sites for hydroxylation is 1. The maximum absolute atomic E-state index is 11.2. The summed E-state index contributed by atoms with van der Waals surface area (Å²) in [6.07, 6.45) is 3.57. The number of carbonyl (C=O) groups excluding carboxylic acids is 2. The van der Waals surface area contributed by atoms with Gasteiger partial charge in [-0.15, -0.1) is 0 Å². The fourth-order valence-electron chi connectivity index (χ4n) is 1.88. The van der Waals surface area contributed by atoms with Crippen molar-refractivity contribution in [2.24, 2.45) is 0 Å². The zero-order valence-corrected chi connectivity index (χ0v) is 12.6. The average molecular weight is 299 g/mol. The molecule has 0 aliphatic heterocycles. The van der Waals surface area contributed by atoms with Crippen molar-refractivity contribution in [2.45, 2.75) is 20.8 Å². The minimum Gasteiger partial charge on any atom is -0.354 e. The van der Waals surface area contributed by atoms with E-state index in [1.807, 2.05) is 18.2 Å². The predicted octanol–water partition coefficient (Wildman–Crippen LogP) is 3.07.